The summed E-state index contributed by atoms with van der Waals surface area (Å²) in [6.45, 7) is 5.32. The average Bonchev–Trinajstić information content (AvgIpc) is 3.05. The molecule has 1 aromatic carbocycles. The van der Waals surface area contributed by atoms with Gasteiger partial charge in [-0.1, -0.05) is 13.8 Å². The van der Waals surface area contributed by atoms with Crippen LogP contribution in [0.1, 0.15) is 37.6 Å². The summed E-state index contributed by atoms with van der Waals surface area (Å²) in [4.78, 5) is 4.88. The fourth-order valence-electron chi connectivity index (χ4n) is 2.89. The summed E-state index contributed by atoms with van der Waals surface area (Å²) < 4.78 is 11.1. The molecular weight excluding hydrogens is 294 g/mol. The van der Waals surface area contributed by atoms with Crippen LogP contribution in [0.2, 0.25) is 0 Å². The maximum absolute atomic E-state index is 5.87. The van der Waals surface area contributed by atoms with Gasteiger partial charge in [0, 0.05) is 23.5 Å². The van der Waals surface area contributed by atoms with E-state index in [4.69, 9.17) is 14.5 Å². The van der Waals surface area contributed by atoms with Crippen molar-refractivity contribution in [2.45, 2.75) is 38.7 Å². The van der Waals surface area contributed by atoms with E-state index in [0.29, 0.717) is 17.9 Å². The molecular formula is C18H23NO2S. The van der Waals surface area contributed by atoms with E-state index in [1.54, 1.807) is 18.4 Å². The highest BCUT2D eigenvalue weighted by Gasteiger charge is 2.27. The first-order valence-corrected chi connectivity index (χ1v) is 8.76. The second kappa shape index (κ2) is 6.80. The molecule has 0 N–H and O–H groups in total. The van der Waals surface area contributed by atoms with Crippen LogP contribution in [-0.4, -0.2) is 24.8 Å². The first kappa shape index (κ1) is 15.5. The highest BCUT2D eigenvalue weighted by atomic mass is 32.1. The van der Waals surface area contributed by atoms with Crippen LogP contribution in [0.25, 0.3) is 11.3 Å². The van der Waals surface area contributed by atoms with Crippen molar-refractivity contribution in [2.75, 3.05) is 13.7 Å². The van der Waals surface area contributed by atoms with Crippen LogP contribution in [0.15, 0.2) is 29.6 Å². The molecule has 1 aromatic heterocycles. The number of nitrogens with zero attached hydrogens (tertiary/aromatic N) is 1. The minimum Gasteiger partial charge on any atom is -0.497 e. The van der Waals surface area contributed by atoms with Gasteiger partial charge in [-0.3, -0.25) is 0 Å². The fraction of sp³-hybridized carbons (Fsp3) is 0.500. The molecule has 0 saturated carbocycles. The second-order valence-corrected chi connectivity index (χ2v) is 7.06. The van der Waals surface area contributed by atoms with Gasteiger partial charge in [0.15, 0.2) is 0 Å². The molecule has 118 valence electrons. The Labute approximate surface area is 136 Å². The third-order valence-electron chi connectivity index (χ3n) is 4.32. The monoisotopic (exact) mass is 317 g/mol. The molecule has 22 heavy (non-hydrogen) atoms. The Hall–Kier alpha value is -1.39. The number of methoxy groups -OCH3 is 1. The Balaban J connectivity index is 1.75. The number of hydrogen-bond acceptors (Lipinski definition) is 4. The van der Waals surface area contributed by atoms with Gasteiger partial charge in [-0.15, -0.1) is 11.3 Å². The molecule has 1 saturated heterocycles. The highest BCUT2D eigenvalue weighted by Crippen LogP contribution is 2.36. The van der Waals surface area contributed by atoms with E-state index in [1.165, 1.54) is 5.01 Å². The van der Waals surface area contributed by atoms with Crippen LogP contribution in [0.4, 0.5) is 0 Å². The third-order valence-corrected chi connectivity index (χ3v) is 5.32. The lowest BCUT2D eigenvalue weighted by Gasteiger charge is -2.30. The van der Waals surface area contributed by atoms with Crippen molar-refractivity contribution in [3.8, 4) is 17.0 Å². The average molecular weight is 317 g/mol. The smallest absolute Gasteiger partial charge is 0.118 e. The third kappa shape index (κ3) is 3.33. The molecule has 0 aliphatic carbocycles. The van der Waals surface area contributed by atoms with E-state index in [0.717, 1.165) is 36.5 Å². The van der Waals surface area contributed by atoms with Gasteiger partial charge in [0.05, 0.1) is 23.9 Å². The maximum atomic E-state index is 5.87. The van der Waals surface area contributed by atoms with Gasteiger partial charge in [-0.25, -0.2) is 4.98 Å². The van der Waals surface area contributed by atoms with Crippen LogP contribution in [0, 0.1) is 5.92 Å². The minimum atomic E-state index is 0.368. The van der Waals surface area contributed by atoms with Gasteiger partial charge in [0.1, 0.15) is 5.75 Å². The topological polar surface area (TPSA) is 31.4 Å². The zero-order valence-corrected chi connectivity index (χ0v) is 14.2. The molecule has 0 amide bonds. The number of aromatic nitrogens is 1. The standard InChI is InChI=1S/C18H23NO2S/c1-12(2)17-10-14(8-9-21-17)18-19-16(11-22-18)13-4-6-15(20-3)7-5-13/h4-7,11-12,14,17H,8-10H2,1-3H3. The predicted octanol–water partition coefficient (Wildman–Crippen LogP) is 4.74. The first-order valence-electron chi connectivity index (χ1n) is 7.89. The summed E-state index contributed by atoms with van der Waals surface area (Å²) in [5, 5.41) is 3.41. The van der Waals surface area contributed by atoms with E-state index in [1.807, 2.05) is 12.1 Å². The van der Waals surface area contributed by atoms with E-state index in [2.05, 4.69) is 31.4 Å². The number of ether oxygens (including phenoxy) is 2. The van der Waals surface area contributed by atoms with Crippen molar-refractivity contribution in [1.29, 1.82) is 0 Å². The summed E-state index contributed by atoms with van der Waals surface area (Å²) in [6.07, 6.45) is 2.54. The van der Waals surface area contributed by atoms with Crippen LogP contribution in [-0.2, 0) is 4.74 Å². The Bertz CT molecular complexity index is 606. The van der Waals surface area contributed by atoms with Crippen molar-refractivity contribution in [3.05, 3.63) is 34.7 Å². The first-order chi connectivity index (χ1) is 10.7. The van der Waals surface area contributed by atoms with Crippen molar-refractivity contribution >= 4 is 11.3 Å². The van der Waals surface area contributed by atoms with Gasteiger partial charge in [0.2, 0.25) is 0 Å². The molecule has 1 fully saturated rings. The SMILES string of the molecule is COc1ccc(-c2csc(C3CCOC(C(C)C)C3)n2)cc1. The Kier molecular flexibility index (Phi) is 4.79. The molecule has 1 aliphatic rings. The van der Waals surface area contributed by atoms with Crippen molar-refractivity contribution in [1.82, 2.24) is 4.98 Å². The molecule has 3 nitrogen and oxygen atoms in total. The quantitative estimate of drug-likeness (QED) is 0.816. The highest BCUT2D eigenvalue weighted by molar-refractivity contribution is 7.10. The van der Waals surface area contributed by atoms with Gasteiger partial charge in [-0.05, 0) is 43.0 Å². The molecule has 4 heteroatoms. The summed E-state index contributed by atoms with van der Waals surface area (Å²) >= 11 is 1.78. The zero-order chi connectivity index (χ0) is 15.5. The summed E-state index contributed by atoms with van der Waals surface area (Å²) in [6, 6.07) is 8.10. The normalized spacial score (nSPS) is 22.0. The lowest BCUT2D eigenvalue weighted by atomic mass is 9.91. The van der Waals surface area contributed by atoms with Crippen LogP contribution >= 0.6 is 11.3 Å². The van der Waals surface area contributed by atoms with Gasteiger partial charge < -0.3 is 9.47 Å². The van der Waals surface area contributed by atoms with Crippen LogP contribution < -0.4 is 4.74 Å². The molecule has 2 unspecified atom stereocenters. The number of benzene rings is 1. The van der Waals surface area contributed by atoms with E-state index >= 15 is 0 Å². The predicted molar refractivity (Wildman–Crippen MR) is 90.7 cm³/mol. The second-order valence-electron chi connectivity index (χ2n) is 6.17. The molecule has 0 spiro atoms. The van der Waals surface area contributed by atoms with Crippen LogP contribution in [0.3, 0.4) is 0 Å². The lowest BCUT2D eigenvalue weighted by Crippen LogP contribution is -2.28. The number of rotatable bonds is 4. The molecule has 0 bridgehead atoms. The molecule has 2 aromatic rings. The molecule has 3 rings (SSSR count). The maximum Gasteiger partial charge on any atom is 0.118 e. The van der Waals surface area contributed by atoms with Crippen molar-refractivity contribution in [3.63, 3.8) is 0 Å². The van der Waals surface area contributed by atoms with Gasteiger partial charge in [-0.2, -0.15) is 0 Å². The largest absolute Gasteiger partial charge is 0.497 e. The van der Waals surface area contributed by atoms with Crippen molar-refractivity contribution in [2.24, 2.45) is 5.92 Å². The molecule has 0 radical (unpaired) electrons. The lowest BCUT2D eigenvalue weighted by molar-refractivity contribution is -0.0201. The molecule has 2 heterocycles. The van der Waals surface area contributed by atoms with E-state index in [9.17, 15) is 0 Å². The summed E-state index contributed by atoms with van der Waals surface area (Å²) in [5.74, 6) is 1.99. The Morgan fingerprint density at radius 2 is 2.05 bits per heavy atom. The van der Waals surface area contributed by atoms with Gasteiger partial charge >= 0.3 is 0 Å². The fourth-order valence-corrected chi connectivity index (χ4v) is 3.87. The van der Waals surface area contributed by atoms with Crippen LogP contribution in [0.5, 0.6) is 5.75 Å². The minimum absolute atomic E-state index is 0.368. The summed E-state index contributed by atoms with van der Waals surface area (Å²) in [7, 11) is 1.69. The number of hydrogen-bond donors (Lipinski definition) is 0. The molecule has 2 atom stereocenters. The zero-order valence-electron chi connectivity index (χ0n) is 13.4. The Morgan fingerprint density at radius 3 is 2.73 bits per heavy atom. The van der Waals surface area contributed by atoms with Gasteiger partial charge in [0.25, 0.3) is 0 Å². The van der Waals surface area contributed by atoms with Crippen molar-refractivity contribution < 1.29 is 9.47 Å². The summed E-state index contributed by atoms with van der Waals surface area (Å²) in [5.41, 5.74) is 2.21. The van der Waals surface area contributed by atoms with E-state index in [-0.39, 0.29) is 0 Å². The number of thiazole rings is 1. The molecule has 1 aliphatic heterocycles. The van der Waals surface area contributed by atoms with E-state index < -0.39 is 0 Å². The Morgan fingerprint density at radius 1 is 1.27 bits per heavy atom.